The van der Waals surface area contributed by atoms with Crippen LogP contribution < -0.4 is 9.47 Å². The summed E-state index contributed by atoms with van der Waals surface area (Å²) >= 11 is 13.3. The summed E-state index contributed by atoms with van der Waals surface area (Å²) in [6.45, 7) is 1.97. The van der Waals surface area contributed by atoms with E-state index in [0.717, 1.165) is 37.4 Å². The summed E-state index contributed by atoms with van der Waals surface area (Å²) < 4.78 is 3.74. The number of allylic oxidation sites excluding steroid dienone is 2. The summed E-state index contributed by atoms with van der Waals surface area (Å²) in [5, 5.41) is 2.55. The molecule has 0 aliphatic carbocycles. The molecule has 0 fully saturated rings. The van der Waals surface area contributed by atoms with E-state index in [9.17, 15) is 0 Å². The van der Waals surface area contributed by atoms with Gasteiger partial charge in [-0.2, -0.15) is 22.9 Å². The highest BCUT2D eigenvalue weighted by molar-refractivity contribution is 8.03. The Morgan fingerprint density at radius 1 is 1.07 bits per heavy atom. The number of nitrogens with zero attached hydrogens (tertiary/aromatic N) is 2. The highest BCUT2D eigenvalue weighted by atomic mass is 32.2. The number of aromatic nitrogens is 1. The van der Waals surface area contributed by atoms with E-state index in [1.165, 1.54) is 30.8 Å². The first kappa shape index (κ1) is 20.9. The smallest absolute Gasteiger partial charge is 0.262 e. The van der Waals surface area contributed by atoms with Crippen LogP contribution in [0, 0.1) is 0 Å². The molecule has 29 heavy (non-hydrogen) atoms. The number of benzene rings is 2. The van der Waals surface area contributed by atoms with Crippen LogP contribution in [0.3, 0.4) is 0 Å². The Bertz CT molecular complexity index is 1040. The molecular formula is C23H24N2S4. The second-order valence-corrected chi connectivity index (χ2v) is 9.76. The van der Waals surface area contributed by atoms with Gasteiger partial charge in [0.05, 0.1) is 10.7 Å². The number of thiol groups is 1. The van der Waals surface area contributed by atoms with Crippen LogP contribution in [-0.4, -0.2) is 18.1 Å². The number of aryl methyl sites for hydroxylation is 1. The number of hydrogen-bond donors (Lipinski definition) is 1. The van der Waals surface area contributed by atoms with Crippen molar-refractivity contribution in [1.82, 2.24) is 0 Å². The van der Waals surface area contributed by atoms with Crippen LogP contribution in [0.15, 0.2) is 70.6 Å². The molecule has 1 aliphatic heterocycles. The molecule has 150 valence electrons. The first-order valence-electron chi connectivity index (χ1n) is 9.85. The maximum Gasteiger partial charge on any atom is 0.262 e. The molecule has 0 spiro atoms. The van der Waals surface area contributed by atoms with E-state index in [1.807, 2.05) is 23.1 Å². The van der Waals surface area contributed by atoms with Gasteiger partial charge < -0.3 is 17.5 Å². The SMILES string of the molecule is [S-]CCCN1C(=CC=Cc2sc3ccccc3[n+]2CCCS)Sc2ccccc21. The summed E-state index contributed by atoms with van der Waals surface area (Å²) in [5.74, 6) is 1.69. The molecule has 2 aromatic carbocycles. The Hall–Kier alpha value is -1.34. The number of anilines is 1. The predicted octanol–water partition coefficient (Wildman–Crippen LogP) is 5.91. The monoisotopic (exact) mass is 456 g/mol. The fraction of sp³-hybridized carbons (Fsp3) is 0.261. The van der Waals surface area contributed by atoms with Crippen LogP contribution in [0.4, 0.5) is 5.69 Å². The summed E-state index contributed by atoms with van der Waals surface area (Å²) in [6.07, 6.45) is 8.75. The van der Waals surface area contributed by atoms with Crippen molar-refractivity contribution in [2.45, 2.75) is 24.3 Å². The maximum absolute atomic E-state index is 5.18. The number of hydrogen-bond acceptors (Lipinski definition) is 5. The second kappa shape index (κ2) is 10.1. The van der Waals surface area contributed by atoms with Crippen molar-refractivity contribution in [3.63, 3.8) is 0 Å². The molecule has 2 nitrogen and oxygen atoms in total. The molecule has 1 aliphatic rings. The van der Waals surface area contributed by atoms with Gasteiger partial charge in [0.15, 0.2) is 6.54 Å². The van der Waals surface area contributed by atoms with E-state index in [-0.39, 0.29) is 0 Å². The lowest BCUT2D eigenvalue weighted by atomic mass is 10.3. The predicted molar refractivity (Wildman–Crippen MR) is 134 cm³/mol. The van der Waals surface area contributed by atoms with Gasteiger partial charge in [0.25, 0.3) is 5.01 Å². The Morgan fingerprint density at radius 2 is 1.90 bits per heavy atom. The van der Waals surface area contributed by atoms with Crippen molar-refractivity contribution in [2.24, 2.45) is 0 Å². The van der Waals surface area contributed by atoms with Crippen LogP contribution in [0.2, 0.25) is 0 Å². The van der Waals surface area contributed by atoms with Gasteiger partial charge in [-0.15, -0.1) is 0 Å². The number of thiazole rings is 1. The van der Waals surface area contributed by atoms with Gasteiger partial charge in [0, 0.05) is 30.0 Å². The van der Waals surface area contributed by atoms with Crippen LogP contribution in [0.1, 0.15) is 17.8 Å². The van der Waals surface area contributed by atoms with Gasteiger partial charge in [-0.05, 0) is 30.0 Å². The zero-order chi connectivity index (χ0) is 20.1. The lowest BCUT2D eigenvalue weighted by Crippen LogP contribution is -2.35. The summed E-state index contributed by atoms with van der Waals surface area (Å²) in [4.78, 5) is 3.72. The minimum Gasteiger partial charge on any atom is -0.793 e. The quantitative estimate of drug-likeness (QED) is 0.256. The second-order valence-electron chi connectivity index (χ2n) is 6.78. The minimum absolute atomic E-state index is 0.791. The zero-order valence-electron chi connectivity index (χ0n) is 16.2. The van der Waals surface area contributed by atoms with Crippen molar-refractivity contribution in [3.8, 4) is 0 Å². The molecule has 0 saturated carbocycles. The third kappa shape index (κ3) is 4.71. The van der Waals surface area contributed by atoms with Crippen molar-refractivity contribution in [1.29, 1.82) is 0 Å². The van der Waals surface area contributed by atoms with Gasteiger partial charge in [-0.25, -0.2) is 0 Å². The van der Waals surface area contributed by atoms with E-state index in [4.69, 9.17) is 12.6 Å². The number of thioether (sulfide) groups is 1. The zero-order valence-corrected chi connectivity index (χ0v) is 19.5. The van der Waals surface area contributed by atoms with E-state index < -0.39 is 0 Å². The van der Waals surface area contributed by atoms with E-state index >= 15 is 0 Å². The summed E-state index contributed by atoms with van der Waals surface area (Å²) in [7, 11) is 0. The highest BCUT2D eigenvalue weighted by Gasteiger charge is 2.23. The molecule has 0 bridgehead atoms. The minimum atomic E-state index is 0.791. The standard InChI is InChI=1S/C23H24N2S4/c26-16-6-14-24-18-8-1-3-10-20(18)28-22(24)12-5-13-23-25(15-7-17-27)19-9-2-4-11-21(19)29-23/h1-5,8-13H,6-7,14-17H2,(H-,26,27). The molecule has 3 aromatic rings. The average Bonchev–Trinajstić information content (AvgIpc) is 3.28. The molecule has 0 atom stereocenters. The maximum atomic E-state index is 5.18. The third-order valence-electron chi connectivity index (χ3n) is 4.82. The molecule has 4 rings (SSSR count). The Kier molecular flexibility index (Phi) is 7.29. The Morgan fingerprint density at radius 3 is 2.76 bits per heavy atom. The number of rotatable bonds is 8. The topological polar surface area (TPSA) is 7.12 Å². The van der Waals surface area contributed by atoms with Gasteiger partial charge >= 0.3 is 0 Å². The van der Waals surface area contributed by atoms with Gasteiger partial charge in [-0.3, -0.25) is 0 Å². The fourth-order valence-corrected chi connectivity index (χ4v) is 5.95. The van der Waals surface area contributed by atoms with Crippen molar-refractivity contribution >= 4 is 70.3 Å². The first-order chi connectivity index (χ1) is 14.3. The molecule has 0 N–H and O–H groups in total. The molecule has 1 aromatic heterocycles. The molecule has 0 amide bonds. The van der Waals surface area contributed by atoms with Gasteiger partial charge in [-0.1, -0.05) is 59.9 Å². The normalized spacial score (nSPS) is 15.1. The van der Waals surface area contributed by atoms with Crippen molar-refractivity contribution < 1.29 is 4.57 Å². The van der Waals surface area contributed by atoms with Crippen LogP contribution >= 0.6 is 35.7 Å². The van der Waals surface area contributed by atoms with Crippen LogP contribution in [-0.2, 0) is 19.2 Å². The van der Waals surface area contributed by atoms with Crippen molar-refractivity contribution in [3.05, 3.63) is 70.7 Å². The highest BCUT2D eigenvalue weighted by Crippen LogP contribution is 2.45. The molecule has 0 unspecified atom stereocenters. The lowest BCUT2D eigenvalue weighted by molar-refractivity contribution is -0.668. The molecular weight excluding hydrogens is 433 g/mol. The fourth-order valence-electron chi connectivity index (χ4n) is 3.48. The van der Waals surface area contributed by atoms with Crippen molar-refractivity contribution in [2.75, 3.05) is 23.0 Å². The third-order valence-corrected chi connectivity index (χ3v) is 7.68. The Balaban J connectivity index is 1.61. The largest absolute Gasteiger partial charge is 0.793 e. The van der Waals surface area contributed by atoms with E-state index in [1.54, 1.807) is 0 Å². The molecule has 2 heterocycles. The van der Waals surface area contributed by atoms with E-state index in [2.05, 4.69) is 88.9 Å². The lowest BCUT2D eigenvalue weighted by Gasteiger charge is -2.21. The van der Waals surface area contributed by atoms with E-state index in [0.29, 0.717) is 0 Å². The van der Waals surface area contributed by atoms with Crippen LogP contribution in [0.25, 0.3) is 16.3 Å². The summed E-state index contributed by atoms with van der Waals surface area (Å²) in [5.41, 5.74) is 2.60. The molecule has 0 saturated heterocycles. The Labute approximate surface area is 192 Å². The van der Waals surface area contributed by atoms with Crippen LogP contribution in [0.5, 0.6) is 0 Å². The molecule has 0 radical (unpaired) electrons. The average molecular weight is 457 g/mol. The summed E-state index contributed by atoms with van der Waals surface area (Å²) in [6, 6.07) is 17.3. The first-order valence-corrected chi connectivity index (χ1v) is 12.7. The molecule has 6 heteroatoms. The van der Waals surface area contributed by atoms with Gasteiger partial charge in [0.1, 0.15) is 4.70 Å². The van der Waals surface area contributed by atoms with Gasteiger partial charge in [0.2, 0.25) is 5.52 Å². The number of para-hydroxylation sites is 2. The number of fused-ring (bicyclic) bond motifs is 2.